The lowest BCUT2D eigenvalue weighted by Crippen LogP contribution is -2.47. The van der Waals surface area contributed by atoms with Crippen LogP contribution < -0.4 is 10.1 Å². The zero-order chi connectivity index (χ0) is 17.2. The van der Waals surface area contributed by atoms with Gasteiger partial charge < -0.3 is 19.7 Å². The van der Waals surface area contributed by atoms with Gasteiger partial charge in [-0.15, -0.1) is 11.6 Å². The molecule has 1 aromatic carbocycles. The molecule has 2 rings (SSSR count). The van der Waals surface area contributed by atoms with Gasteiger partial charge in [0.15, 0.2) is 0 Å². The van der Waals surface area contributed by atoms with Crippen LogP contribution in [0.2, 0.25) is 0 Å². The summed E-state index contributed by atoms with van der Waals surface area (Å²) in [4.78, 5) is 25.3. The topological polar surface area (TPSA) is 67.9 Å². The van der Waals surface area contributed by atoms with E-state index in [2.05, 4.69) is 5.32 Å². The van der Waals surface area contributed by atoms with Gasteiger partial charge in [0, 0.05) is 19.1 Å². The van der Waals surface area contributed by atoms with Gasteiger partial charge in [0.05, 0.1) is 18.9 Å². The molecule has 0 aromatic heterocycles. The van der Waals surface area contributed by atoms with Crippen molar-refractivity contribution in [1.29, 1.82) is 0 Å². The predicted molar refractivity (Wildman–Crippen MR) is 91.4 cm³/mol. The Hall–Kier alpha value is -1.95. The summed E-state index contributed by atoms with van der Waals surface area (Å²) >= 11 is 5.49. The summed E-state index contributed by atoms with van der Waals surface area (Å²) < 4.78 is 10.5. The average molecular weight is 355 g/mol. The molecule has 1 aliphatic heterocycles. The van der Waals surface area contributed by atoms with Crippen LogP contribution in [0, 0.1) is 0 Å². The Balaban J connectivity index is 1.61. The first kappa shape index (κ1) is 18.4. The van der Waals surface area contributed by atoms with Crippen LogP contribution in [0.1, 0.15) is 19.3 Å². The second-order valence-electron chi connectivity index (χ2n) is 5.54. The molecule has 1 saturated heterocycles. The number of halogens is 1. The van der Waals surface area contributed by atoms with Gasteiger partial charge in [-0.05, 0) is 25.0 Å². The highest BCUT2D eigenvalue weighted by atomic mass is 35.5. The van der Waals surface area contributed by atoms with Crippen LogP contribution in [-0.4, -0.2) is 55.1 Å². The van der Waals surface area contributed by atoms with Crippen molar-refractivity contribution >= 4 is 23.6 Å². The zero-order valence-electron chi connectivity index (χ0n) is 13.6. The summed E-state index contributed by atoms with van der Waals surface area (Å²) in [6.07, 6.45) is 1.42. The third kappa shape index (κ3) is 6.28. The lowest BCUT2D eigenvalue weighted by atomic mass is 10.1. The highest BCUT2D eigenvalue weighted by Gasteiger charge is 2.24. The number of nitrogens with zero attached hydrogens (tertiary/aromatic N) is 1. The Kier molecular flexibility index (Phi) is 7.68. The fourth-order valence-electron chi connectivity index (χ4n) is 2.50. The monoisotopic (exact) mass is 354 g/mol. The molecular formula is C17H23ClN2O4. The molecule has 7 heteroatoms. The van der Waals surface area contributed by atoms with Crippen molar-refractivity contribution in [3.05, 3.63) is 30.3 Å². The molecule has 0 atom stereocenters. The molecule has 1 aliphatic rings. The standard InChI is InChI=1S/C17H23ClN2O4/c18-9-13-24-17(22)20-10-6-14(7-11-20)19-16(21)8-12-23-15-4-2-1-3-5-15/h1-5,14H,6-13H2,(H,19,21). The number of likely N-dealkylation sites (tertiary alicyclic amines) is 1. The van der Waals surface area contributed by atoms with Gasteiger partial charge in [-0.25, -0.2) is 4.79 Å². The Morgan fingerprint density at radius 1 is 1.17 bits per heavy atom. The minimum absolute atomic E-state index is 0.0332. The van der Waals surface area contributed by atoms with Gasteiger partial charge in [-0.1, -0.05) is 18.2 Å². The Labute approximate surface area is 147 Å². The third-order valence-electron chi connectivity index (χ3n) is 3.76. The van der Waals surface area contributed by atoms with Gasteiger partial charge in [-0.3, -0.25) is 4.79 Å². The van der Waals surface area contributed by atoms with Gasteiger partial charge in [-0.2, -0.15) is 0 Å². The van der Waals surface area contributed by atoms with Crippen LogP contribution in [0.5, 0.6) is 5.75 Å². The van der Waals surface area contributed by atoms with Crippen LogP contribution in [0.25, 0.3) is 0 Å². The highest BCUT2D eigenvalue weighted by molar-refractivity contribution is 6.18. The van der Waals surface area contributed by atoms with Crippen LogP contribution >= 0.6 is 11.6 Å². The molecule has 1 heterocycles. The summed E-state index contributed by atoms with van der Waals surface area (Å²) in [6, 6.07) is 9.50. The molecule has 0 saturated carbocycles. The van der Waals surface area contributed by atoms with E-state index in [-0.39, 0.29) is 24.6 Å². The molecule has 0 bridgehead atoms. The fraction of sp³-hybridized carbons (Fsp3) is 0.529. The minimum atomic E-state index is -0.336. The van der Waals surface area contributed by atoms with E-state index in [0.717, 1.165) is 18.6 Å². The summed E-state index contributed by atoms with van der Waals surface area (Å²) in [7, 11) is 0. The van der Waals surface area contributed by atoms with Crippen molar-refractivity contribution < 1.29 is 19.1 Å². The largest absolute Gasteiger partial charge is 0.493 e. The van der Waals surface area contributed by atoms with Crippen molar-refractivity contribution in [2.75, 3.05) is 32.2 Å². The lowest BCUT2D eigenvalue weighted by molar-refractivity contribution is -0.122. The summed E-state index contributed by atoms with van der Waals surface area (Å²) in [5.74, 6) is 1.02. The molecule has 1 aromatic rings. The van der Waals surface area contributed by atoms with Gasteiger partial charge in [0.1, 0.15) is 12.4 Å². The van der Waals surface area contributed by atoms with Gasteiger partial charge in [0.25, 0.3) is 0 Å². The SMILES string of the molecule is O=C(CCOc1ccccc1)NC1CCN(C(=O)OCCCl)CC1. The van der Waals surface area contributed by atoms with E-state index < -0.39 is 0 Å². The number of hydrogen-bond acceptors (Lipinski definition) is 4. The van der Waals surface area contributed by atoms with Crippen LogP contribution in [-0.2, 0) is 9.53 Å². The maximum absolute atomic E-state index is 11.9. The first-order valence-electron chi connectivity index (χ1n) is 8.14. The maximum Gasteiger partial charge on any atom is 0.409 e. The van der Waals surface area contributed by atoms with E-state index in [9.17, 15) is 9.59 Å². The van der Waals surface area contributed by atoms with Crippen molar-refractivity contribution in [3.8, 4) is 5.75 Å². The molecule has 1 fully saturated rings. The lowest BCUT2D eigenvalue weighted by Gasteiger charge is -2.31. The van der Waals surface area contributed by atoms with Gasteiger partial charge in [0.2, 0.25) is 5.91 Å². The minimum Gasteiger partial charge on any atom is -0.493 e. The molecule has 2 amide bonds. The van der Waals surface area contributed by atoms with E-state index in [0.29, 0.717) is 32.0 Å². The number of hydrogen-bond donors (Lipinski definition) is 1. The molecule has 0 unspecified atom stereocenters. The van der Waals surface area contributed by atoms with Crippen LogP contribution in [0.3, 0.4) is 0 Å². The Morgan fingerprint density at radius 3 is 2.54 bits per heavy atom. The normalized spacial score (nSPS) is 15.0. The first-order chi connectivity index (χ1) is 11.7. The van der Waals surface area contributed by atoms with E-state index in [1.54, 1.807) is 4.90 Å². The molecule has 1 N–H and O–H groups in total. The number of benzene rings is 1. The van der Waals surface area contributed by atoms with Gasteiger partial charge >= 0.3 is 6.09 Å². The van der Waals surface area contributed by atoms with E-state index in [1.165, 1.54) is 0 Å². The van der Waals surface area contributed by atoms with Crippen molar-refractivity contribution in [2.24, 2.45) is 0 Å². The second kappa shape index (κ2) is 10.0. The van der Waals surface area contributed by atoms with Crippen molar-refractivity contribution in [2.45, 2.75) is 25.3 Å². The van der Waals surface area contributed by atoms with E-state index in [4.69, 9.17) is 21.1 Å². The number of carbonyl (C=O) groups is 2. The molecule has 0 spiro atoms. The Bertz CT molecular complexity index is 519. The van der Waals surface area contributed by atoms with E-state index >= 15 is 0 Å². The molecule has 0 radical (unpaired) electrons. The number of ether oxygens (including phenoxy) is 2. The summed E-state index contributed by atoms with van der Waals surface area (Å²) in [5, 5.41) is 2.99. The van der Waals surface area contributed by atoms with Crippen molar-refractivity contribution in [3.63, 3.8) is 0 Å². The van der Waals surface area contributed by atoms with Crippen LogP contribution in [0.4, 0.5) is 4.79 Å². The van der Waals surface area contributed by atoms with Crippen molar-refractivity contribution in [1.82, 2.24) is 10.2 Å². The smallest absolute Gasteiger partial charge is 0.409 e. The summed E-state index contributed by atoms with van der Waals surface area (Å²) in [5.41, 5.74) is 0. The number of carbonyl (C=O) groups excluding carboxylic acids is 2. The molecular weight excluding hydrogens is 332 g/mol. The first-order valence-corrected chi connectivity index (χ1v) is 8.67. The number of para-hydroxylation sites is 1. The molecule has 24 heavy (non-hydrogen) atoms. The molecule has 6 nitrogen and oxygen atoms in total. The number of piperidine rings is 1. The number of alkyl halides is 1. The average Bonchev–Trinajstić information content (AvgIpc) is 2.61. The van der Waals surface area contributed by atoms with E-state index in [1.807, 2.05) is 30.3 Å². The number of nitrogens with one attached hydrogen (secondary N) is 1. The molecule has 0 aliphatic carbocycles. The number of amides is 2. The summed E-state index contributed by atoms with van der Waals surface area (Å²) in [6.45, 7) is 1.72. The predicted octanol–water partition coefficient (Wildman–Crippen LogP) is 2.41. The van der Waals surface area contributed by atoms with Crippen LogP contribution in [0.15, 0.2) is 30.3 Å². The quantitative estimate of drug-likeness (QED) is 0.763. The number of rotatable bonds is 7. The molecule has 132 valence electrons. The second-order valence-corrected chi connectivity index (χ2v) is 5.92. The maximum atomic E-state index is 11.9. The zero-order valence-corrected chi connectivity index (χ0v) is 14.3. The Morgan fingerprint density at radius 2 is 1.88 bits per heavy atom. The third-order valence-corrected chi connectivity index (χ3v) is 3.92. The fourth-order valence-corrected chi connectivity index (χ4v) is 2.58. The highest BCUT2D eigenvalue weighted by Crippen LogP contribution is 2.12.